The molecular weight excluding hydrogens is 234 g/mol. The molecule has 1 N–H and O–H groups in total. The number of hydrogen-bond acceptors (Lipinski definition) is 2. The maximum atomic E-state index is 8.95. The number of rotatable bonds is 6. The van der Waals surface area contributed by atoms with E-state index in [2.05, 4.69) is 17.0 Å². The Morgan fingerprint density at radius 2 is 1.94 bits per heavy atom. The normalized spacial score (nSPS) is 16.2. The highest BCUT2D eigenvalue weighted by atomic mass is 35.5. The van der Waals surface area contributed by atoms with Crippen LogP contribution in [0.25, 0.3) is 0 Å². The first-order valence-corrected chi connectivity index (χ1v) is 6.77. The van der Waals surface area contributed by atoms with Gasteiger partial charge in [-0.3, -0.25) is 4.90 Å². The van der Waals surface area contributed by atoms with E-state index in [1.807, 2.05) is 12.1 Å². The fraction of sp³-hybridized carbons (Fsp3) is 0.571. The second-order valence-electron chi connectivity index (χ2n) is 4.76. The van der Waals surface area contributed by atoms with Crippen LogP contribution in [0.15, 0.2) is 24.3 Å². The summed E-state index contributed by atoms with van der Waals surface area (Å²) in [6.45, 7) is 2.25. The second kappa shape index (κ2) is 6.39. The average Bonchev–Trinajstić information content (AvgIpc) is 2.26. The van der Waals surface area contributed by atoms with Gasteiger partial charge in [0.1, 0.15) is 0 Å². The van der Waals surface area contributed by atoms with Crippen LogP contribution in [0.4, 0.5) is 0 Å². The Hall–Kier alpha value is -0.570. The monoisotopic (exact) mass is 253 g/mol. The molecule has 3 heteroatoms. The van der Waals surface area contributed by atoms with Gasteiger partial charge >= 0.3 is 0 Å². The van der Waals surface area contributed by atoms with Crippen molar-refractivity contribution >= 4 is 11.6 Å². The minimum Gasteiger partial charge on any atom is -0.396 e. The molecule has 1 fully saturated rings. The Morgan fingerprint density at radius 1 is 1.24 bits per heavy atom. The zero-order valence-electron chi connectivity index (χ0n) is 10.1. The van der Waals surface area contributed by atoms with Crippen molar-refractivity contribution in [2.45, 2.75) is 38.3 Å². The molecule has 2 nitrogen and oxygen atoms in total. The highest BCUT2D eigenvalue weighted by Crippen LogP contribution is 2.26. The molecular formula is C14H20ClNO. The van der Waals surface area contributed by atoms with Crippen molar-refractivity contribution in [1.29, 1.82) is 0 Å². The van der Waals surface area contributed by atoms with E-state index >= 15 is 0 Å². The summed E-state index contributed by atoms with van der Waals surface area (Å²) >= 11 is 5.89. The Labute approximate surface area is 108 Å². The van der Waals surface area contributed by atoms with E-state index in [0.29, 0.717) is 0 Å². The third-order valence-electron chi connectivity index (χ3n) is 3.49. The van der Waals surface area contributed by atoms with Gasteiger partial charge in [0.2, 0.25) is 0 Å². The Balaban J connectivity index is 1.93. The fourth-order valence-electron chi connectivity index (χ4n) is 2.24. The molecule has 0 saturated heterocycles. The molecule has 0 bridgehead atoms. The summed E-state index contributed by atoms with van der Waals surface area (Å²) in [6.07, 6.45) is 4.82. The molecule has 1 saturated carbocycles. The zero-order chi connectivity index (χ0) is 12.1. The van der Waals surface area contributed by atoms with Crippen LogP contribution in [0.3, 0.4) is 0 Å². The molecule has 1 aliphatic carbocycles. The lowest BCUT2D eigenvalue weighted by molar-refractivity contribution is 0.109. The highest BCUT2D eigenvalue weighted by Gasteiger charge is 2.24. The molecule has 2 rings (SSSR count). The lowest BCUT2D eigenvalue weighted by Crippen LogP contribution is -2.40. The van der Waals surface area contributed by atoms with Crippen LogP contribution in [0.2, 0.25) is 5.02 Å². The molecule has 0 atom stereocenters. The SMILES string of the molecule is OCCCN(Cc1ccc(Cl)cc1)C1CCC1. The van der Waals surface area contributed by atoms with Gasteiger partial charge in [0.15, 0.2) is 0 Å². The summed E-state index contributed by atoms with van der Waals surface area (Å²) in [7, 11) is 0. The first kappa shape index (κ1) is 12.9. The van der Waals surface area contributed by atoms with Crippen molar-refractivity contribution in [3.63, 3.8) is 0 Å². The van der Waals surface area contributed by atoms with Crippen LogP contribution in [0.5, 0.6) is 0 Å². The maximum Gasteiger partial charge on any atom is 0.0443 e. The number of benzene rings is 1. The van der Waals surface area contributed by atoms with Gasteiger partial charge in [-0.25, -0.2) is 0 Å². The first-order chi connectivity index (χ1) is 8.29. The van der Waals surface area contributed by atoms with Crippen LogP contribution in [0.1, 0.15) is 31.2 Å². The molecule has 1 aliphatic rings. The summed E-state index contributed by atoms with van der Waals surface area (Å²) < 4.78 is 0. The van der Waals surface area contributed by atoms with Gasteiger partial charge in [-0.05, 0) is 37.0 Å². The Kier molecular flexibility index (Phi) is 4.84. The van der Waals surface area contributed by atoms with Gasteiger partial charge in [-0.15, -0.1) is 0 Å². The van der Waals surface area contributed by atoms with Gasteiger partial charge in [0.05, 0.1) is 0 Å². The van der Waals surface area contributed by atoms with Gasteiger partial charge in [-0.2, -0.15) is 0 Å². The third kappa shape index (κ3) is 3.70. The van der Waals surface area contributed by atoms with E-state index in [1.54, 1.807) is 0 Å². The van der Waals surface area contributed by atoms with Gasteiger partial charge in [0.25, 0.3) is 0 Å². The predicted octanol–water partition coefficient (Wildman–Crippen LogP) is 3.08. The van der Waals surface area contributed by atoms with E-state index in [-0.39, 0.29) is 6.61 Å². The molecule has 94 valence electrons. The quantitative estimate of drug-likeness (QED) is 0.842. The number of halogens is 1. The molecule has 0 heterocycles. The summed E-state index contributed by atoms with van der Waals surface area (Å²) in [5.41, 5.74) is 1.30. The minimum absolute atomic E-state index is 0.282. The van der Waals surface area contributed by atoms with Crippen LogP contribution in [-0.2, 0) is 6.54 Å². The van der Waals surface area contributed by atoms with Crippen LogP contribution >= 0.6 is 11.6 Å². The van der Waals surface area contributed by atoms with Crippen molar-refractivity contribution in [1.82, 2.24) is 4.90 Å². The minimum atomic E-state index is 0.282. The summed E-state index contributed by atoms with van der Waals surface area (Å²) in [4.78, 5) is 2.49. The molecule has 0 spiro atoms. The highest BCUT2D eigenvalue weighted by molar-refractivity contribution is 6.30. The second-order valence-corrected chi connectivity index (χ2v) is 5.20. The van der Waals surface area contributed by atoms with Crippen LogP contribution in [0, 0.1) is 0 Å². The van der Waals surface area contributed by atoms with Crippen LogP contribution < -0.4 is 0 Å². The molecule has 1 aromatic carbocycles. The molecule has 17 heavy (non-hydrogen) atoms. The van der Waals surface area contributed by atoms with Gasteiger partial charge < -0.3 is 5.11 Å². The standard InChI is InChI=1S/C14H20ClNO/c15-13-7-5-12(6-8-13)11-16(9-2-10-17)14-3-1-4-14/h5-8,14,17H,1-4,9-11H2. The maximum absolute atomic E-state index is 8.95. The number of hydrogen-bond donors (Lipinski definition) is 1. The van der Waals surface area contributed by atoms with E-state index in [4.69, 9.17) is 16.7 Å². The zero-order valence-corrected chi connectivity index (χ0v) is 10.9. The number of aliphatic hydroxyl groups is 1. The van der Waals surface area contributed by atoms with E-state index < -0.39 is 0 Å². The number of aliphatic hydroxyl groups excluding tert-OH is 1. The summed E-state index contributed by atoms with van der Waals surface area (Å²) in [6, 6.07) is 8.79. The van der Waals surface area contributed by atoms with Gasteiger partial charge in [0, 0.05) is 30.8 Å². The molecule has 1 aromatic rings. The molecule has 0 radical (unpaired) electrons. The lowest BCUT2D eigenvalue weighted by Gasteiger charge is -2.37. The third-order valence-corrected chi connectivity index (χ3v) is 3.75. The van der Waals surface area contributed by atoms with Crippen molar-refractivity contribution in [3.8, 4) is 0 Å². The van der Waals surface area contributed by atoms with E-state index in [0.717, 1.165) is 30.6 Å². The predicted molar refractivity (Wildman–Crippen MR) is 71.2 cm³/mol. The van der Waals surface area contributed by atoms with E-state index in [9.17, 15) is 0 Å². The van der Waals surface area contributed by atoms with Crippen LogP contribution in [-0.4, -0.2) is 29.2 Å². The fourth-order valence-corrected chi connectivity index (χ4v) is 2.37. The number of nitrogens with zero attached hydrogens (tertiary/aromatic N) is 1. The van der Waals surface area contributed by atoms with Crippen molar-refractivity contribution in [2.24, 2.45) is 0 Å². The molecule has 0 aromatic heterocycles. The molecule has 0 amide bonds. The van der Waals surface area contributed by atoms with Crippen molar-refractivity contribution in [3.05, 3.63) is 34.9 Å². The molecule has 0 unspecified atom stereocenters. The lowest BCUT2D eigenvalue weighted by atomic mass is 9.91. The Bertz CT molecular complexity index is 335. The largest absolute Gasteiger partial charge is 0.396 e. The summed E-state index contributed by atoms with van der Waals surface area (Å²) in [5.74, 6) is 0. The average molecular weight is 254 g/mol. The van der Waals surface area contributed by atoms with Crippen molar-refractivity contribution in [2.75, 3.05) is 13.2 Å². The summed E-state index contributed by atoms with van der Waals surface area (Å²) in [5, 5.41) is 9.74. The topological polar surface area (TPSA) is 23.5 Å². The van der Waals surface area contributed by atoms with Crippen molar-refractivity contribution < 1.29 is 5.11 Å². The van der Waals surface area contributed by atoms with Gasteiger partial charge in [-0.1, -0.05) is 30.2 Å². The Morgan fingerprint density at radius 3 is 2.47 bits per heavy atom. The first-order valence-electron chi connectivity index (χ1n) is 6.39. The van der Waals surface area contributed by atoms with E-state index in [1.165, 1.54) is 24.8 Å². The smallest absolute Gasteiger partial charge is 0.0443 e. The molecule has 0 aliphatic heterocycles.